The van der Waals surface area contributed by atoms with Gasteiger partial charge in [0.05, 0.1) is 32.9 Å². The summed E-state index contributed by atoms with van der Waals surface area (Å²) < 4.78 is 30.9. The average molecular weight is 371 g/mol. The summed E-state index contributed by atoms with van der Waals surface area (Å²) in [5, 5.41) is 0. The molecular formula is C18H17N3O4S. The highest BCUT2D eigenvalue weighted by molar-refractivity contribution is 7.89. The molecule has 0 saturated carbocycles. The highest BCUT2D eigenvalue weighted by atomic mass is 32.2. The largest absolute Gasteiger partial charge is 0.456 e. The Labute approximate surface area is 151 Å². The van der Waals surface area contributed by atoms with E-state index in [9.17, 15) is 13.2 Å². The zero-order valence-corrected chi connectivity index (χ0v) is 15.1. The van der Waals surface area contributed by atoms with Crippen LogP contribution < -0.4 is 4.72 Å². The van der Waals surface area contributed by atoms with Gasteiger partial charge in [-0.3, -0.25) is 0 Å². The minimum atomic E-state index is -3.54. The highest BCUT2D eigenvalue weighted by Gasteiger charge is 2.14. The SMILES string of the molecule is CNS(=O)(=O)c1ccc(C(=O)OCc2nc3ccccc3nc2C)cc1. The van der Waals surface area contributed by atoms with Crippen molar-refractivity contribution in [3.8, 4) is 0 Å². The number of carbonyl (C=O) groups is 1. The molecule has 0 radical (unpaired) electrons. The summed E-state index contributed by atoms with van der Waals surface area (Å²) in [5.41, 5.74) is 3.03. The second-order valence-electron chi connectivity index (χ2n) is 5.55. The van der Waals surface area contributed by atoms with Gasteiger partial charge in [0.15, 0.2) is 0 Å². The highest BCUT2D eigenvalue weighted by Crippen LogP contribution is 2.15. The molecule has 0 saturated heterocycles. The summed E-state index contributed by atoms with van der Waals surface area (Å²) in [6.07, 6.45) is 0. The molecule has 3 rings (SSSR count). The van der Waals surface area contributed by atoms with Crippen LogP contribution in [0, 0.1) is 6.92 Å². The molecule has 1 N–H and O–H groups in total. The maximum Gasteiger partial charge on any atom is 0.338 e. The average Bonchev–Trinajstić information content (AvgIpc) is 2.66. The molecule has 3 aromatic rings. The Kier molecular flexibility index (Phi) is 4.97. The normalized spacial score (nSPS) is 11.5. The van der Waals surface area contributed by atoms with E-state index < -0.39 is 16.0 Å². The molecule has 0 aliphatic carbocycles. The number of nitrogens with one attached hydrogen (secondary N) is 1. The number of aryl methyl sites for hydroxylation is 1. The van der Waals surface area contributed by atoms with Gasteiger partial charge in [-0.1, -0.05) is 12.1 Å². The molecule has 134 valence electrons. The molecule has 0 spiro atoms. The number of sulfonamides is 1. The number of benzene rings is 2. The van der Waals surface area contributed by atoms with Crippen molar-refractivity contribution < 1.29 is 17.9 Å². The Morgan fingerprint density at radius 1 is 1.04 bits per heavy atom. The molecule has 0 amide bonds. The number of para-hydroxylation sites is 2. The molecule has 2 aromatic carbocycles. The van der Waals surface area contributed by atoms with E-state index in [1.807, 2.05) is 24.3 Å². The van der Waals surface area contributed by atoms with Gasteiger partial charge in [-0.2, -0.15) is 0 Å². The van der Waals surface area contributed by atoms with E-state index in [0.717, 1.165) is 11.0 Å². The number of hydrogen-bond acceptors (Lipinski definition) is 6. The van der Waals surface area contributed by atoms with Gasteiger partial charge in [-0.05, 0) is 50.4 Å². The summed E-state index contributed by atoms with van der Waals surface area (Å²) in [4.78, 5) is 21.2. The van der Waals surface area contributed by atoms with Crippen LogP contribution in [-0.2, 0) is 21.4 Å². The van der Waals surface area contributed by atoms with Crippen LogP contribution in [0.1, 0.15) is 21.7 Å². The lowest BCUT2D eigenvalue weighted by Crippen LogP contribution is -2.18. The number of esters is 1. The van der Waals surface area contributed by atoms with E-state index in [2.05, 4.69) is 14.7 Å². The van der Waals surface area contributed by atoms with Gasteiger partial charge in [0.25, 0.3) is 0 Å². The molecule has 1 heterocycles. The van der Waals surface area contributed by atoms with E-state index >= 15 is 0 Å². The molecule has 0 atom stereocenters. The van der Waals surface area contributed by atoms with E-state index in [1.54, 1.807) is 6.92 Å². The first-order valence-corrected chi connectivity index (χ1v) is 9.32. The van der Waals surface area contributed by atoms with Gasteiger partial charge in [0.1, 0.15) is 6.61 Å². The third kappa shape index (κ3) is 3.71. The van der Waals surface area contributed by atoms with Crippen molar-refractivity contribution in [1.29, 1.82) is 0 Å². The van der Waals surface area contributed by atoms with Gasteiger partial charge < -0.3 is 4.74 Å². The Morgan fingerprint density at radius 2 is 1.65 bits per heavy atom. The predicted molar refractivity (Wildman–Crippen MR) is 96.1 cm³/mol. The molecule has 0 unspecified atom stereocenters. The predicted octanol–water partition coefficient (Wildman–Crippen LogP) is 2.20. The van der Waals surface area contributed by atoms with Crippen LogP contribution in [0.4, 0.5) is 0 Å². The number of nitrogens with zero attached hydrogens (tertiary/aromatic N) is 2. The summed E-state index contributed by atoms with van der Waals surface area (Å²) >= 11 is 0. The van der Waals surface area contributed by atoms with Crippen molar-refractivity contribution >= 4 is 27.0 Å². The summed E-state index contributed by atoms with van der Waals surface area (Å²) in [6, 6.07) is 13.0. The van der Waals surface area contributed by atoms with E-state index in [-0.39, 0.29) is 17.1 Å². The fourth-order valence-electron chi connectivity index (χ4n) is 2.37. The second kappa shape index (κ2) is 7.19. The Hall–Kier alpha value is -2.84. The van der Waals surface area contributed by atoms with Crippen LogP contribution in [0.15, 0.2) is 53.4 Å². The minimum Gasteiger partial charge on any atom is -0.456 e. The van der Waals surface area contributed by atoms with Gasteiger partial charge in [0, 0.05) is 0 Å². The first kappa shape index (κ1) is 18.0. The van der Waals surface area contributed by atoms with Gasteiger partial charge in [-0.15, -0.1) is 0 Å². The maximum absolute atomic E-state index is 12.2. The molecule has 0 aliphatic heterocycles. The third-order valence-corrected chi connectivity index (χ3v) is 5.28. The van der Waals surface area contributed by atoms with E-state index in [1.165, 1.54) is 31.3 Å². The summed E-state index contributed by atoms with van der Waals surface area (Å²) in [7, 11) is -2.22. The van der Waals surface area contributed by atoms with Gasteiger partial charge in [0.2, 0.25) is 10.0 Å². The fourth-order valence-corrected chi connectivity index (χ4v) is 3.10. The van der Waals surface area contributed by atoms with Crippen LogP contribution in [0.5, 0.6) is 0 Å². The van der Waals surface area contributed by atoms with Crippen LogP contribution >= 0.6 is 0 Å². The third-order valence-electron chi connectivity index (χ3n) is 3.85. The lowest BCUT2D eigenvalue weighted by atomic mass is 10.2. The molecule has 0 fully saturated rings. The van der Waals surface area contributed by atoms with Crippen molar-refractivity contribution in [2.24, 2.45) is 0 Å². The van der Waals surface area contributed by atoms with Crippen molar-refractivity contribution in [1.82, 2.24) is 14.7 Å². The number of ether oxygens (including phenoxy) is 1. The number of carbonyl (C=O) groups excluding carboxylic acids is 1. The second-order valence-corrected chi connectivity index (χ2v) is 7.44. The van der Waals surface area contributed by atoms with Crippen LogP contribution in [0.3, 0.4) is 0 Å². The molecule has 7 nitrogen and oxygen atoms in total. The lowest BCUT2D eigenvalue weighted by Gasteiger charge is -2.08. The minimum absolute atomic E-state index is 0.0148. The summed E-state index contributed by atoms with van der Waals surface area (Å²) in [6.45, 7) is 1.79. The lowest BCUT2D eigenvalue weighted by molar-refractivity contribution is 0.0467. The Morgan fingerprint density at radius 3 is 2.27 bits per heavy atom. The zero-order chi connectivity index (χ0) is 18.7. The Bertz CT molecular complexity index is 1060. The monoisotopic (exact) mass is 371 g/mol. The molecule has 0 bridgehead atoms. The molecular weight excluding hydrogens is 354 g/mol. The molecule has 8 heteroatoms. The standard InChI is InChI=1S/C18H17N3O4S/c1-12-17(21-16-6-4-3-5-15(16)20-12)11-25-18(22)13-7-9-14(10-8-13)26(23,24)19-2/h3-10,19H,11H2,1-2H3. The van der Waals surface area contributed by atoms with E-state index in [4.69, 9.17) is 4.74 Å². The van der Waals surface area contributed by atoms with E-state index in [0.29, 0.717) is 11.4 Å². The van der Waals surface area contributed by atoms with Crippen molar-refractivity contribution in [3.05, 3.63) is 65.5 Å². The summed E-state index contributed by atoms with van der Waals surface area (Å²) in [5.74, 6) is -0.562. The first-order valence-electron chi connectivity index (χ1n) is 7.84. The molecule has 0 aliphatic rings. The Balaban J connectivity index is 1.74. The van der Waals surface area contributed by atoms with Gasteiger partial charge in [-0.25, -0.2) is 27.9 Å². The number of fused-ring (bicyclic) bond motifs is 1. The van der Waals surface area contributed by atoms with Gasteiger partial charge >= 0.3 is 5.97 Å². The fraction of sp³-hybridized carbons (Fsp3) is 0.167. The molecule has 1 aromatic heterocycles. The number of aromatic nitrogens is 2. The van der Waals surface area contributed by atoms with Crippen LogP contribution in [-0.4, -0.2) is 31.4 Å². The topological polar surface area (TPSA) is 98.2 Å². The van der Waals surface area contributed by atoms with Crippen molar-refractivity contribution in [3.63, 3.8) is 0 Å². The number of rotatable bonds is 5. The van der Waals surface area contributed by atoms with Crippen molar-refractivity contribution in [2.75, 3.05) is 7.05 Å². The maximum atomic E-state index is 12.2. The number of hydrogen-bond donors (Lipinski definition) is 1. The molecule has 26 heavy (non-hydrogen) atoms. The van der Waals surface area contributed by atoms with Crippen LogP contribution in [0.25, 0.3) is 11.0 Å². The van der Waals surface area contributed by atoms with Crippen LogP contribution in [0.2, 0.25) is 0 Å². The first-order chi connectivity index (χ1) is 12.4. The van der Waals surface area contributed by atoms with Crippen molar-refractivity contribution in [2.45, 2.75) is 18.4 Å². The zero-order valence-electron chi connectivity index (χ0n) is 14.3. The smallest absolute Gasteiger partial charge is 0.338 e. The quantitative estimate of drug-likeness (QED) is 0.691.